The van der Waals surface area contributed by atoms with Crippen LogP contribution in [-0.4, -0.2) is 19.4 Å². The number of halogens is 3. The number of benzene rings is 1. The van der Waals surface area contributed by atoms with E-state index in [0.717, 1.165) is 12.1 Å². The Morgan fingerprint density at radius 1 is 1.22 bits per heavy atom. The van der Waals surface area contributed by atoms with Crippen LogP contribution >= 0.6 is 12.2 Å². The number of thiol groups is 1. The Bertz CT molecular complexity index is 490. The van der Waals surface area contributed by atoms with Crippen LogP contribution in [0.15, 0.2) is 24.3 Å². The van der Waals surface area contributed by atoms with Crippen LogP contribution in [0.2, 0.25) is 0 Å². The first-order valence-corrected chi connectivity index (χ1v) is 6.40. The summed E-state index contributed by atoms with van der Waals surface area (Å²) in [6.07, 6.45) is -4.39. The second kappa shape index (κ2) is 6.01. The van der Waals surface area contributed by atoms with Crippen LogP contribution in [-0.2, 0) is 16.9 Å². The number of alkyl halides is 3. The third-order valence-electron chi connectivity index (χ3n) is 1.84. The second-order valence-corrected chi connectivity index (χ2v) is 4.59. The number of hydrogen-bond acceptors (Lipinski definition) is 3. The van der Waals surface area contributed by atoms with Gasteiger partial charge in [-0.15, -0.1) is 0 Å². The highest BCUT2D eigenvalue weighted by molar-refractivity contribution is 7.80. The SMILES string of the molecule is O=[SH](=O)CNC(=S)Nc1ccc(C(F)(F)F)cc1. The van der Waals surface area contributed by atoms with Crippen molar-refractivity contribution in [3.63, 3.8) is 0 Å². The second-order valence-electron chi connectivity index (χ2n) is 3.20. The minimum absolute atomic E-state index is 0.0222. The summed E-state index contributed by atoms with van der Waals surface area (Å²) in [5.41, 5.74) is -0.434. The van der Waals surface area contributed by atoms with E-state index in [1.165, 1.54) is 12.1 Å². The standard InChI is InChI=1S/C9H9F3N2O2S2/c10-9(11,12)6-1-3-7(4-2-6)14-8(17)13-5-18(15)16/h1-4,18H,5H2,(H2,13,14,17). The number of rotatable bonds is 3. The molecule has 0 radical (unpaired) electrons. The highest BCUT2D eigenvalue weighted by atomic mass is 32.2. The van der Waals surface area contributed by atoms with Crippen molar-refractivity contribution in [2.75, 3.05) is 11.2 Å². The summed E-state index contributed by atoms with van der Waals surface area (Å²) in [4.78, 5) is 0. The largest absolute Gasteiger partial charge is 0.416 e. The molecule has 0 bridgehead atoms. The summed E-state index contributed by atoms with van der Waals surface area (Å²) in [6, 6.07) is 4.21. The molecule has 0 unspecified atom stereocenters. The van der Waals surface area contributed by atoms with Crippen LogP contribution in [0.5, 0.6) is 0 Å². The van der Waals surface area contributed by atoms with E-state index in [0.29, 0.717) is 5.69 Å². The fourth-order valence-electron chi connectivity index (χ4n) is 1.05. The monoisotopic (exact) mass is 298 g/mol. The zero-order valence-corrected chi connectivity index (χ0v) is 10.5. The van der Waals surface area contributed by atoms with Gasteiger partial charge in [0.15, 0.2) is 15.8 Å². The van der Waals surface area contributed by atoms with E-state index in [-0.39, 0.29) is 11.0 Å². The molecule has 0 amide bonds. The zero-order chi connectivity index (χ0) is 13.8. The highest BCUT2D eigenvalue weighted by Gasteiger charge is 2.29. The molecule has 0 atom stereocenters. The normalized spacial score (nSPS) is 11.3. The molecule has 100 valence electrons. The van der Waals surface area contributed by atoms with Crippen molar-refractivity contribution < 1.29 is 21.6 Å². The number of anilines is 1. The first-order chi connectivity index (χ1) is 8.29. The maximum atomic E-state index is 12.3. The Morgan fingerprint density at radius 2 is 1.78 bits per heavy atom. The molecule has 0 aromatic heterocycles. The van der Waals surface area contributed by atoms with E-state index < -0.39 is 22.4 Å². The van der Waals surface area contributed by atoms with E-state index in [1.807, 2.05) is 0 Å². The third kappa shape index (κ3) is 4.88. The molecule has 0 saturated heterocycles. The Kier molecular flexibility index (Phi) is 4.91. The maximum Gasteiger partial charge on any atom is 0.416 e. The Hall–Kier alpha value is -1.35. The van der Waals surface area contributed by atoms with Gasteiger partial charge in [0.25, 0.3) is 0 Å². The molecule has 2 N–H and O–H groups in total. The fourth-order valence-corrected chi connectivity index (χ4v) is 1.64. The number of thiocarbonyl (C=S) groups is 1. The predicted molar refractivity (Wildman–Crippen MR) is 66.0 cm³/mol. The van der Waals surface area contributed by atoms with Crippen LogP contribution in [0.3, 0.4) is 0 Å². The molecule has 1 aromatic rings. The first kappa shape index (κ1) is 14.7. The summed E-state index contributed by atoms with van der Waals surface area (Å²) in [7, 11) is -2.62. The molecule has 0 aliphatic heterocycles. The van der Waals surface area contributed by atoms with E-state index in [2.05, 4.69) is 10.6 Å². The third-order valence-corrected chi connectivity index (χ3v) is 2.50. The lowest BCUT2D eigenvalue weighted by molar-refractivity contribution is -0.137. The fraction of sp³-hybridized carbons (Fsp3) is 0.222. The van der Waals surface area contributed by atoms with Gasteiger partial charge in [0.05, 0.1) is 5.56 Å². The molecule has 0 aliphatic carbocycles. The molecule has 0 saturated carbocycles. The lowest BCUT2D eigenvalue weighted by atomic mass is 10.2. The number of nitrogens with one attached hydrogen (secondary N) is 2. The van der Waals surface area contributed by atoms with Gasteiger partial charge >= 0.3 is 6.18 Å². The van der Waals surface area contributed by atoms with Crippen LogP contribution in [0.25, 0.3) is 0 Å². The molecule has 0 heterocycles. The van der Waals surface area contributed by atoms with E-state index in [4.69, 9.17) is 12.2 Å². The summed E-state index contributed by atoms with van der Waals surface area (Å²) in [5.74, 6) is -0.332. The van der Waals surface area contributed by atoms with Crippen LogP contribution in [0.1, 0.15) is 5.56 Å². The average Bonchev–Trinajstić information content (AvgIpc) is 2.26. The van der Waals surface area contributed by atoms with Crippen LogP contribution in [0, 0.1) is 0 Å². The average molecular weight is 298 g/mol. The van der Waals surface area contributed by atoms with E-state index in [9.17, 15) is 21.6 Å². The van der Waals surface area contributed by atoms with Crippen molar-refractivity contribution >= 4 is 33.7 Å². The highest BCUT2D eigenvalue weighted by Crippen LogP contribution is 2.29. The van der Waals surface area contributed by atoms with Gasteiger partial charge in [0.1, 0.15) is 5.88 Å². The maximum absolute atomic E-state index is 12.3. The minimum Gasteiger partial charge on any atom is -0.349 e. The molecule has 1 aromatic carbocycles. The Morgan fingerprint density at radius 3 is 2.22 bits per heavy atom. The zero-order valence-electron chi connectivity index (χ0n) is 8.82. The van der Waals surface area contributed by atoms with Gasteiger partial charge in [-0.05, 0) is 36.5 Å². The van der Waals surface area contributed by atoms with Gasteiger partial charge in [0, 0.05) is 5.69 Å². The topological polar surface area (TPSA) is 58.2 Å². The van der Waals surface area contributed by atoms with E-state index >= 15 is 0 Å². The van der Waals surface area contributed by atoms with Crippen molar-refractivity contribution in [1.82, 2.24) is 5.32 Å². The van der Waals surface area contributed by atoms with Crippen molar-refractivity contribution in [2.45, 2.75) is 6.18 Å². The van der Waals surface area contributed by atoms with Crippen molar-refractivity contribution in [3.05, 3.63) is 29.8 Å². The molecule has 18 heavy (non-hydrogen) atoms. The Balaban J connectivity index is 2.61. The molecule has 0 spiro atoms. The summed E-state index contributed by atoms with van der Waals surface area (Å²) < 4.78 is 57.3. The lowest BCUT2D eigenvalue weighted by Gasteiger charge is -2.10. The molecule has 4 nitrogen and oxygen atoms in total. The van der Waals surface area contributed by atoms with E-state index in [1.54, 1.807) is 0 Å². The van der Waals surface area contributed by atoms with Crippen molar-refractivity contribution in [2.24, 2.45) is 0 Å². The number of hydrogen-bond donors (Lipinski definition) is 3. The van der Waals surface area contributed by atoms with Crippen molar-refractivity contribution in [1.29, 1.82) is 0 Å². The molecule has 0 fully saturated rings. The smallest absolute Gasteiger partial charge is 0.349 e. The van der Waals surface area contributed by atoms with Gasteiger partial charge < -0.3 is 10.6 Å². The summed E-state index contributed by atoms with van der Waals surface area (Å²) >= 11 is 4.75. The first-order valence-electron chi connectivity index (χ1n) is 4.63. The quantitative estimate of drug-likeness (QED) is 0.584. The van der Waals surface area contributed by atoms with Crippen molar-refractivity contribution in [3.8, 4) is 0 Å². The molecule has 0 aliphatic rings. The molecule has 9 heteroatoms. The van der Waals surface area contributed by atoms with Crippen LogP contribution in [0.4, 0.5) is 18.9 Å². The summed E-state index contributed by atoms with van der Waals surface area (Å²) in [6.45, 7) is 0. The van der Waals surface area contributed by atoms with Gasteiger partial charge in [-0.1, -0.05) is 0 Å². The van der Waals surface area contributed by atoms with Gasteiger partial charge in [-0.2, -0.15) is 13.2 Å². The molecular weight excluding hydrogens is 289 g/mol. The van der Waals surface area contributed by atoms with Crippen LogP contribution < -0.4 is 10.6 Å². The Labute approximate surface area is 108 Å². The molecular formula is C9H9F3N2O2S2. The van der Waals surface area contributed by atoms with Gasteiger partial charge in [-0.3, -0.25) is 0 Å². The summed E-state index contributed by atoms with van der Waals surface area (Å²) in [5, 5.41) is 4.96. The predicted octanol–water partition coefficient (Wildman–Crippen LogP) is 1.56. The minimum atomic E-state index is -4.39. The molecule has 1 rings (SSSR count). The van der Waals surface area contributed by atoms with Gasteiger partial charge in [0.2, 0.25) is 0 Å². The van der Waals surface area contributed by atoms with Gasteiger partial charge in [-0.25, -0.2) is 8.42 Å². The lowest BCUT2D eigenvalue weighted by Crippen LogP contribution is -2.29.